The van der Waals surface area contributed by atoms with Gasteiger partial charge in [0.05, 0.1) is 0 Å². The first-order valence-corrected chi connectivity index (χ1v) is 9.11. The van der Waals surface area contributed by atoms with E-state index in [0.29, 0.717) is 24.7 Å². The summed E-state index contributed by atoms with van der Waals surface area (Å²) < 4.78 is 5.73. The Morgan fingerprint density at radius 1 is 1.11 bits per heavy atom. The Labute approximate surface area is 158 Å². The van der Waals surface area contributed by atoms with Gasteiger partial charge in [0.25, 0.3) is 5.91 Å². The van der Waals surface area contributed by atoms with E-state index in [1.165, 1.54) is 17.5 Å². The molecule has 2 heterocycles. The minimum atomic E-state index is -0.119. The van der Waals surface area contributed by atoms with E-state index in [1.807, 2.05) is 47.4 Å². The molecule has 0 saturated carbocycles. The van der Waals surface area contributed by atoms with Crippen LogP contribution in [0.5, 0.6) is 5.88 Å². The third-order valence-electron chi connectivity index (χ3n) is 4.69. The van der Waals surface area contributed by atoms with Crippen molar-refractivity contribution < 1.29 is 9.53 Å². The van der Waals surface area contributed by atoms with Gasteiger partial charge in [-0.1, -0.05) is 48.0 Å². The first kappa shape index (κ1) is 17.2. The van der Waals surface area contributed by atoms with E-state index >= 15 is 0 Å². The number of aromatic nitrogens is 2. The molecule has 0 saturated heterocycles. The lowest BCUT2D eigenvalue weighted by molar-refractivity contribution is 0.0979. The monoisotopic (exact) mass is 359 g/mol. The molecule has 1 amide bonds. The molecule has 136 valence electrons. The lowest BCUT2D eigenvalue weighted by atomic mass is 9.99. The molecule has 0 bridgehead atoms. The van der Waals surface area contributed by atoms with Crippen LogP contribution >= 0.6 is 0 Å². The topological polar surface area (TPSA) is 55.3 Å². The number of rotatable bonds is 4. The van der Waals surface area contributed by atoms with Gasteiger partial charge in [-0.05, 0) is 37.0 Å². The zero-order valence-electron chi connectivity index (χ0n) is 15.3. The third kappa shape index (κ3) is 3.82. The lowest BCUT2D eigenvalue weighted by Crippen LogP contribution is -2.36. The summed E-state index contributed by atoms with van der Waals surface area (Å²) in [6.45, 7) is 3.16. The summed E-state index contributed by atoms with van der Waals surface area (Å²) in [7, 11) is 0. The fourth-order valence-electron chi connectivity index (χ4n) is 3.34. The molecule has 1 aliphatic rings. The molecule has 0 unspecified atom stereocenters. The predicted molar refractivity (Wildman–Crippen MR) is 104 cm³/mol. The summed E-state index contributed by atoms with van der Waals surface area (Å²) in [5.41, 5.74) is 4.79. The van der Waals surface area contributed by atoms with Crippen LogP contribution in [-0.4, -0.2) is 22.4 Å². The first-order valence-electron chi connectivity index (χ1n) is 9.11. The zero-order valence-corrected chi connectivity index (χ0v) is 15.3. The predicted octanol–water partition coefficient (Wildman–Crippen LogP) is 3.96. The first-order chi connectivity index (χ1) is 13.2. The van der Waals surface area contributed by atoms with E-state index in [9.17, 15) is 4.79 Å². The normalized spacial score (nSPS) is 13.1. The van der Waals surface area contributed by atoms with Gasteiger partial charge in [-0.15, -0.1) is 0 Å². The molecule has 3 aromatic rings. The number of fused-ring (bicyclic) bond motifs is 1. The maximum Gasteiger partial charge on any atom is 0.277 e. The number of hydrogen-bond donors (Lipinski definition) is 0. The van der Waals surface area contributed by atoms with Gasteiger partial charge < -0.3 is 9.64 Å². The summed E-state index contributed by atoms with van der Waals surface area (Å²) in [6, 6.07) is 17.7. The molecule has 4 rings (SSSR count). The highest BCUT2D eigenvalue weighted by atomic mass is 16.5. The number of amides is 1. The minimum Gasteiger partial charge on any atom is -0.473 e. The molecular weight excluding hydrogens is 338 g/mol. The quantitative estimate of drug-likeness (QED) is 0.708. The van der Waals surface area contributed by atoms with Gasteiger partial charge >= 0.3 is 0 Å². The molecule has 0 radical (unpaired) electrons. The molecule has 5 nitrogen and oxygen atoms in total. The zero-order chi connectivity index (χ0) is 18.6. The van der Waals surface area contributed by atoms with Crippen molar-refractivity contribution >= 4 is 11.6 Å². The lowest BCUT2D eigenvalue weighted by Gasteiger charge is -2.29. The van der Waals surface area contributed by atoms with Crippen molar-refractivity contribution in [2.75, 3.05) is 11.4 Å². The molecule has 2 aromatic carbocycles. The van der Waals surface area contributed by atoms with Crippen molar-refractivity contribution in [2.45, 2.75) is 26.4 Å². The van der Waals surface area contributed by atoms with Crippen molar-refractivity contribution in [1.82, 2.24) is 9.97 Å². The van der Waals surface area contributed by atoms with Gasteiger partial charge in [-0.25, -0.2) is 9.97 Å². The summed E-state index contributed by atoms with van der Waals surface area (Å²) in [6.07, 6.45) is 3.33. The van der Waals surface area contributed by atoms with Crippen LogP contribution < -0.4 is 9.64 Å². The molecule has 0 fully saturated rings. The third-order valence-corrected chi connectivity index (χ3v) is 4.69. The van der Waals surface area contributed by atoms with Crippen LogP contribution in [0.3, 0.4) is 0 Å². The molecule has 0 N–H and O–H groups in total. The Morgan fingerprint density at radius 2 is 1.96 bits per heavy atom. The molecule has 5 heteroatoms. The molecule has 0 spiro atoms. The van der Waals surface area contributed by atoms with Gasteiger partial charge in [0.1, 0.15) is 18.6 Å². The Bertz CT molecular complexity index is 957. The van der Waals surface area contributed by atoms with Crippen molar-refractivity contribution in [3.05, 3.63) is 83.3 Å². The highest BCUT2D eigenvalue weighted by Gasteiger charge is 2.24. The van der Waals surface area contributed by atoms with Gasteiger partial charge in [0.15, 0.2) is 0 Å². The average molecular weight is 359 g/mol. The van der Waals surface area contributed by atoms with E-state index in [4.69, 9.17) is 4.74 Å². The molecule has 27 heavy (non-hydrogen) atoms. The standard InChI is InChI=1S/C22H21N3O2/c1-16-9-10-20-18(12-16)8-5-11-25(20)22(26)19-13-21(24-15-23-19)27-14-17-6-3-2-4-7-17/h2-4,6-7,9-10,12-13,15H,5,8,11,14H2,1H3. The Balaban J connectivity index is 1.53. The molecular formula is C22H21N3O2. The second kappa shape index (κ2) is 7.58. The smallest absolute Gasteiger partial charge is 0.277 e. The number of benzene rings is 2. The summed E-state index contributed by atoms with van der Waals surface area (Å²) >= 11 is 0. The fourth-order valence-corrected chi connectivity index (χ4v) is 3.34. The number of ether oxygens (including phenoxy) is 1. The van der Waals surface area contributed by atoms with E-state index in [-0.39, 0.29) is 5.91 Å². The van der Waals surface area contributed by atoms with Gasteiger partial charge in [-0.3, -0.25) is 4.79 Å². The van der Waals surface area contributed by atoms with Crippen molar-refractivity contribution in [1.29, 1.82) is 0 Å². The van der Waals surface area contributed by atoms with Gasteiger partial charge in [0.2, 0.25) is 5.88 Å². The Morgan fingerprint density at radius 3 is 2.81 bits per heavy atom. The van der Waals surface area contributed by atoms with Crippen molar-refractivity contribution in [3.8, 4) is 5.88 Å². The van der Waals surface area contributed by atoms with Crippen LogP contribution in [-0.2, 0) is 13.0 Å². The molecule has 1 aliphatic heterocycles. The van der Waals surface area contributed by atoms with Crippen LogP contribution in [0.1, 0.15) is 33.6 Å². The van der Waals surface area contributed by atoms with Gasteiger partial charge in [0, 0.05) is 18.3 Å². The maximum atomic E-state index is 13.1. The molecule has 0 atom stereocenters. The number of carbonyl (C=O) groups is 1. The molecule has 0 aliphatic carbocycles. The summed E-state index contributed by atoms with van der Waals surface area (Å²) in [5, 5.41) is 0. The summed E-state index contributed by atoms with van der Waals surface area (Å²) in [4.78, 5) is 23.2. The number of carbonyl (C=O) groups excluding carboxylic acids is 1. The number of nitrogens with zero attached hydrogens (tertiary/aromatic N) is 3. The van der Waals surface area contributed by atoms with E-state index < -0.39 is 0 Å². The van der Waals surface area contributed by atoms with Crippen molar-refractivity contribution in [2.24, 2.45) is 0 Å². The highest BCUT2D eigenvalue weighted by molar-refractivity contribution is 6.05. The second-order valence-corrected chi connectivity index (χ2v) is 6.71. The van der Waals surface area contributed by atoms with Crippen LogP contribution in [0.25, 0.3) is 0 Å². The SMILES string of the molecule is Cc1ccc2c(c1)CCCN2C(=O)c1cc(OCc2ccccc2)ncn1. The number of anilines is 1. The summed E-state index contributed by atoms with van der Waals surface area (Å²) in [5.74, 6) is 0.283. The maximum absolute atomic E-state index is 13.1. The number of hydrogen-bond acceptors (Lipinski definition) is 4. The van der Waals surface area contributed by atoms with Crippen LogP contribution in [0, 0.1) is 6.92 Å². The van der Waals surface area contributed by atoms with E-state index in [2.05, 4.69) is 23.0 Å². The van der Waals surface area contributed by atoms with E-state index in [1.54, 1.807) is 6.07 Å². The Hall–Kier alpha value is -3.21. The van der Waals surface area contributed by atoms with Crippen molar-refractivity contribution in [3.63, 3.8) is 0 Å². The van der Waals surface area contributed by atoms with E-state index in [0.717, 1.165) is 24.1 Å². The average Bonchev–Trinajstić information content (AvgIpc) is 2.72. The molecule has 1 aromatic heterocycles. The van der Waals surface area contributed by atoms with Crippen LogP contribution in [0.2, 0.25) is 0 Å². The largest absolute Gasteiger partial charge is 0.473 e. The number of aryl methyl sites for hydroxylation is 2. The second-order valence-electron chi connectivity index (χ2n) is 6.71. The Kier molecular flexibility index (Phi) is 4.83. The fraction of sp³-hybridized carbons (Fsp3) is 0.227. The van der Waals surface area contributed by atoms with Crippen LogP contribution in [0.15, 0.2) is 60.9 Å². The van der Waals surface area contributed by atoms with Gasteiger partial charge in [-0.2, -0.15) is 0 Å². The minimum absolute atomic E-state index is 0.119. The van der Waals surface area contributed by atoms with Crippen LogP contribution in [0.4, 0.5) is 5.69 Å². The highest BCUT2D eigenvalue weighted by Crippen LogP contribution is 2.29.